The second kappa shape index (κ2) is 49.5. The first kappa shape index (κ1) is 67.6. The van der Waals surface area contributed by atoms with Gasteiger partial charge in [-0.3, -0.25) is 14.4 Å². The van der Waals surface area contributed by atoms with E-state index in [9.17, 15) is 34.5 Å². The Kier molecular flexibility index (Phi) is 44.6. The van der Waals surface area contributed by atoms with E-state index < -0.39 is 73.9 Å². The zero-order valence-electron chi connectivity index (χ0n) is 45.7. The molecule has 1 aliphatic rings. The number of carboxylic acid groups (broad SMARTS) is 1. The Labute approximate surface area is 451 Å². The Morgan fingerprint density at radius 3 is 1.28 bits per heavy atom. The van der Waals surface area contributed by atoms with Crippen LogP contribution in [-0.4, -0.2) is 89.2 Å². The van der Waals surface area contributed by atoms with Gasteiger partial charge in [0.1, 0.15) is 18.8 Å². The number of unbranched alkanes of at least 4 members (excludes halogenated alkanes) is 7. The van der Waals surface area contributed by atoms with Crippen LogP contribution in [0, 0.1) is 0 Å². The SMILES string of the molecule is CC/C=C\C/C=C\C/C=C\C/C=C\C/C=C\CC(=O)OCC(COC1OC(C(=O)O)C(O)C(O)C1OC(=O)CCCCCC/C=C\C/C=C\C/C=C\C/C=C\CC)OC(=O)CCCCC/C=C\C/C=C\C/C=C\CC. The van der Waals surface area contributed by atoms with Gasteiger partial charge < -0.3 is 39.0 Å². The van der Waals surface area contributed by atoms with Gasteiger partial charge in [0.15, 0.2) is 24.6 Å². The van der Waals surface area contributed by atoms with E-state index in [0.29, 0.717) is 19.3 Å². The van der Waals surface area contributed by atoms with E-state index in [0.717, 1.165) is 116 Å². The summed E-state index contributed by atoms with van der Waals surface area (Å²) in [6, 6.07) is 0. The lowest BCUT2D eigenvalue weighted by molar-refractivity contribution is -0.301. The zero-order valence-corrected chi connectivity index (χ0v) is 45.7. The summed E-state index contributed by atoms with van der Waals surface area (Å²) in [5, 5.41) is 31.4. The lowest BCUT2D eigenvalue weighted by Crippen LogP contribution is -2.61. The maximum Gasteiger partial charge on any atom is 0.335 e. The lowest BCUT2D eigenvalue weighted by Gasteiger charge is -2.40. The van der Waals surface area contributed by atoms with Crippen LogP contribution in [0.3, 0.4) is 0 Å². The second-order valence-corrected chi connectivity index (χ2v) is 18.1. The summed E-state index contributed by atoms with van der Waals surface area (Å²) in [5.41, 5.74) is 0. The van der Waals surface area contributed by atoms with Gasteiger partial charge in [0.05, 0.1) is 13.0 Å². The Bertz CT molecular complexity index is 1860. The molecule has 3 N–H and O–H groups in total. The van der Waals surface area contributed by atoms with Crippen LogP contribution in [0.15, 0.2) is 146 Å². The van der Waals surface area contributed by atoms with E-state index in [2.05, 4.69) is 142 Å². The molecule has 0 aromatic carbocycles. The molecule has 0 bridgehead atoms. The Balaban J connectivity index is 2.80. The van der Waals surface area contributed by atoms with Crippen molar-refractivity contribution in [3.05, 3.63) is 146 Å². The molecule has 12 heteroatoms. The fraction of sp³-hybridized carbons (Fsp3) is 0.556. The highest BCUT2D eigenvalue weighted by molar-refractivity contribution is 5.74. The van der Waals surface area contributed by atoms with E-state index in [-0.39, 0.29) is 19.3 Å². The largest absolute Gasteiger partial charge is 0.479 e. The Hall–Kier alpha value is -5.40. The van der Waals surface area contributed by atoms with Crippen molar-refractivity contribution in [1.82, 2.24) is 0 Å². The van der Waals surface area contributed by atoms with Gasteiger partial charge in [-0.05, 0) is 116 Å². The van der Waals surface area contributed by atoms with Gasteiger partial charge in [-0.2, -0.15) is 0 Å². The summed E-state index contributed by atoms with van der Waals surface area (Å²) in [4.78, 5) is 51.0. The molecule has 418 valence electrons. The number of carbonyl (C=O) groups is 4. The highest BCUT2D eigenvalue weighted by Crippen LogP contribution is 2.26. The third-order valence-electron chi connectivity index (χ3n) is 11.4. The fourth-order valence-electron chi connectivity index (χ4n) is 7.27. The minimum Gasteiger partial charge on any atom is -0.479 e. The molecule has 0 aromatic rings. The fourth-order valence-corrected chi connectivity index (χ4v) is 7.27. The molecule has 1 heterocycles. The van der Waals surface area contributed by atoms with Gasteiger partial charge in [-0.25, -0.2) is 4.79 Å². The first-order chi connectivity index (χ1) is 36.6. The van der Waals surface area contributed by atoms with Crippen molar-refractivity contribution in [3.63, 3.8) is 0 Å². The molecule has 12 nitrogen and oxygen atoms in total. The Morgan fingerprint density at radius 1 is 0.453 bits per heavy atom. The molecule has 0 spiro atoms. The van der Waals surface area contributed by atoms with Crippen molar-refractivity contribution in [3.8, 4) is 0 Å². The average molecular weight is 1040 g/mol. The topological polar surface area (TPSA) is 175 Å². The number of ether oxygens (including phenoxy) is 5. The molecule has 0 aromatic heterocycles. The van der Waals surface area contributed by atoms with Crippen LogP contribution in [0.4, 0.5) is 0 Å². The first-order valence-corrected chi connectivity index (χ1v) is 27.8. The standard InChI is InChI=1S/C63H94O12/c1-4-7-10-13-16-19-22-25-27-28-30-33-36-39-42-45-48-51-57(66)74-61-59(68)58(67)60(62(69)70)75-63(61)72-53-54(73-56(65)50-47-44-41-38-35-31-24-21-18-15-12-9-6-3)52-71-55(64)49-46-43-40-37-34-32-29-26-23-20-17-14-11-8-5-2/h7-12,16-21,25-27,29-31,33-35,37,43,46,54,58-61,63,67-68H,4-6,13-15,22-24,28,32,36,38-42,44-45,47-53H2,1-3H3,(H,69,70)/b10-7-,11-8-,12-9-,19-16-,20-17-,21-18-,27-25-,29-26-,33-30-,35-31-,37-34-,46-43-. The maximum atomic E-state index is 13.1. The van der Waals surface area contributed by atoms with Crippen LogP contribution in [-0.2, 0) is 42.9 Å². The van der Waals surface area contributed by atoms with Crippen LogP contribution in [0.2, 0.25) is 0 Å². The molecular formula is C63H94O12. The summed E-state index contributed by atoms with van der Waals surface area (Å²) < 4.78 is 28.2. The van der Waals surface area contributed by atoms with Crippen LogP contribution >= 0.6 is 0 Å². The van der Waals surface area contributed by atoms with Crippen LogP contribution in [0.5, 0.6) is 0 Å². The lowest BCUT2D eigenvalue weighted by atomic mass is 9.98. The first-order valence-electron chi connectivity index (χ1n) is 27.8. The quantitative estimate of drug-likeness (QED) is 0.0228. The minimum absolute atomic E-state index is 0.0112. The molecule has 0 aliphatic carbocycles. The molecular weight excluding hydrogens is 949 g/mol. The molecule has 75 heavy (non-hydrogen) atoms. The zero-order chi connectivity index (χ0) is 54.7. The van der Waals surface area contributed by atoms with Gasteiger partial charge in [0.2, 0.25) is 0 Å². The summed E-state index contributed by atoms with van der Waals surface area (Å²) in [7, 11) is 0. The van der Waals surface area contributed by atoms with Crippen LogP contribution in [0.1, 0.15) is 175 Å². The average Bonchev–Trinajstić information content (AvgIpc) is 3.39. The van der Waals surface area contributed by atoms with E-state index in [1.165, 1.54) is 0 Å². The number of hydrogen-bond acceptors (Lipinski definition) is 11. The summed E-state index contributed by atoms with van der Waals surface area (Å²) in [5.74, 6) is -3.39. The number of aliphatic hydroxyl groups is 2. The summed E-state index contributed by atoms with van der Waals surface area (Å²) >= 11 is 0. The minimum atomic E-state index is -1.94. The number of esters is 3. The monoisotopic (exact) mass is 1040 g/mol. The Morgan fingerprint density at radius 2 is 0.840 bits per heavy atom. The summed E-state index contributed by atoms with van der Waals surface area (Å²) in [6.07, 6.45) is 58.5. The van der Waals surface area contributed by atoms with Crippen molar-refractivity contribution >= 4 is 23.9 Å². The molecule has 1 fully saturated rings. The number of rotatable bonds is 44. The van der Waals surface area contributed by atoms with Gasteiger partial charge in [0, 0.05) is 12.8 Å². The number of carbonyl (C=O) groups excluding carboxylic acids is 3. The van der Waals surface area contributed by atoms with Crippen LogP contribution in [0.25, 0.3) is 0 Å². The molecule has 1 rings (SSSR count). The van der Waals surface area contributed by atoms with Crippen molar-refractivity contribution in [2.45, 2.75) is 212 Å². The van der Waals surface area contributed by atoms with E-state index >= 15 is 0 Å². The second-order valence-electron chi connectivity index (χ2n) is 18.1. The molecule has 6 atom stereocenters. The molecule has 1 saturated heterocycles. The normalized spacial score (nSPS) is 19.3. The van der Waals surface area contributed by atoms with Gasteiger partial charge in [-0.15, -0.1) is 0 Å². The van der Waals surface area contributed by atoms with E-state index in [1.807, 2.05) is 18.2 Å². The molecule has 0 amide bonds. The molecule has 1 aliphatic heterocycles. The maximum absolute atomic E-state index is 13.1. The van der Waals surface area contributed by atoms with Crippen molar-refractivity contribution in [2.24, 2.45) is 0 Å². The number of aliphatic hydroxyl groups excluding tert-OH is 2. The number of allylic oxidation sites excluding steroid dienone is 23. The van der Waals surface area contributed by atoms with E-state index in [1.54, 1.807) is 6.08 Å². The van der Waals surface area contributed by atoms with Crippen molar-refractivity contribution < 1.29 is 58.2 Å². The highest BCUT2D eigenvalue weighted by atomic mass is 16.7. The van der Waals surface area contributed by atoms with Gasteiger partial charge in [-0.1, -0.05) is 186 Å². The van der Waals surface area contributed by atoms with Gasteiger partial charge in [0.25, 0.3) is 0 Å². The molecule has 0 radical (unpaired) electrons. The van der Waals surface area contributed by atoms with E-state index in [4.69, 9.17) is 23.7 Å². The number of aliphatic carboxylic acids is 1. The predicted octanol–water partition coefficient (Wildman–Crippen LogP) is 14.0. The third-order valence-corrected chi connectivity index (χ3v) is 11.4. The molecule has 6 unspecified atom stereocenters. The number of hydrogen-bond donors (Lipinski definition) is 3. The predicted molar refractivity (Wildman–Crippen MR) is 302 cm³/mol. The van der Waals surface area contributed by atoms with Crippen LogP contribution < -0.4 is 0 Å². The van der Waals surface area contributed by atoms with Crippen molar-refractivity contribution in [2.75, 3.05) is 13.2 Å². The smallest absolute Gasteiger partial charge is 0.335 e. The third kappa shape index (κ3) is 39.7. The molecule has 0 saturated carbocycles. The van der Waals surface area contributed by atoms with Crippen molar-refractivity contribution in [1.29, 1.82) is 0 Å². The number of carboxylic acids is 1. The summed E-state index contributed by atoms with van der Waals surface area (Å²) in [6.45, 7) is 5.49. The highest BCUT2D eigenvalue weighted by Gasteiger charge is 2.50. The van der Waals surface area contributed by atoms with Gasteiger partial charge >= 0.3 is 23.9 Å².